The number of hydrogen-bond acceptors (Lipinski definition) is 3. The van der Waals surface area contributed by atoms with Crippen molar-refractivity contribution in [3.05, 3.63) is 26.3 Å². The minimum absolute atomic E-state index is 0.0809. The molecule has 0 saturated heterocycles. The van der Waals surface area contributed by atoms with Crippen molar-refractivity contribution in [2.45, 2.75) is 59.9 Å². The van der Waals surface area contributed by atoms with E-state index in [1.807, 2.05) is 13.8 Å². The fraction of sp³-hybridized carbons (Fsp3) is 0.733. The van der Waals surface area contributed by atoms with Gasteiger partial charge in [0.2, 0.25) is 0 Å². The van der Waals surface area contributed by atoms with Gasteiger partial charge in [-0.1, -0.05) is 26.7 Å². The molecular weight excluding hydrogens is 336 g/mol. The summed E-state index contributed by atoms with van der Waals surface area (Å²) in [7, 11) is 0. The first-order valence-electron chi connectivity index (χ1n) is 7.25. The number of aryl methyl sites for hydroxylation is 1. The molecule has 0 fully saturated rings. The van der Waals surface area contributed by atoms with Gasteiger partial charge in [-0.2, -0.15) is 17.6 Å². The Morgan fingerprint density at radius 1 is 1.25 bits per heavy atom. The Balaban J connectivity index is 3.24. The van der Waals surface area contributed by atoms with Gasteiger partial charge in [0.1, 0.15) is 0 Å². The molecule has 0 saturated carbocycles. The lowest BCUT2D eigenvalue weighted by atomic mass is 9.80. The van der Waals surface area contributed by atoms with Crippen LogP contribution < -0.4 is 5.69 Å². The first-order valence-corrected chi connectivity index (χ1v) is 8.67. The van der Waals surface area contributed by atoms with Crippen LogP contribution in [-0.4, -0.2) is 15.3 Å². The number of thiol groups is 1. The summed E-state index contributed by atoms with van der Waals surface area (Å²) in [6, 6.07) is 0. The quantitative estimate of drug-likeness (QED) is 0.741. The predicted octanol–water partition coefficient (Wildman–Crippen LogP) is 4.14. The molecular formula is C15H25BrN2OS. The second-order valence-corrected chi connectivity index (χ2v) is 6.73. The van der Waals surface area contributed by atoms with Crippen LogP contribution in [0.3, 0.4) is 0 Å². The van der Waals surface area contributed by atoms with Gasteiger partial charge in [0, 0.05) is 12.2 Å². The Morgan fingerprint density at radius 2 is 1.80 bits per heavy atom. The highest BCUT2D eigenvalue weighted by Gasteiger charge is 2.29. The zero-order valence-electron chi connectivity index (χ0n) is 12.9. The third kappa shape index (κ3) is 3.88. The molecule has 0 atom stereocenters. The summed E-state index contributed by atoms with van der Waals surface area (Å²) in [4.78, 5) is 16.3. The van der Waals surface area contributed by atoms with E-state index in [1.165, 1.54) is 0 Å². The Morgan fingerprint density at radius 3 is 2.25 bits per heavy atom. The van der Waals surface area contributed by atoms with Crippen LogP contribution in [0.25, 0.3) is 0 Å². The van der Waals surface area contributed by atoms with Crippen LogP contribution in [-0.2, 0) is 6.54 Å². The average Bonchev–Trinajstić information content (AvgIpc) is 2.41. The van der Waals surface area contributed by atoms with Crippen molar-refractivity contribution in [2.75, 3.05) is 5.75 Å². The summed E-state index contributed by atoms with van der Waals surface area (Å²) >= 11 is 8.10. The molecule has 0 aliphatic rings. The molecule has 5 heteroatoms. The molecule has 1 heterocycles. The van der Waals surface area contributed by atoms with E-state index in [4.69, 9.17) is 0 Å². The van der Waals surface area contributed by atoms with Gasteiger partial charge in [0.15, 0.2) is 0 Å². The van der Waals surface area contributed by atoms with E-state index in [2.05, 4.69) is 47.4 Å². The second-order valence-electron chi connectivity index (χ2n) is 5.62. The van der Waals surface area contributed by atoms with E-state index in [9.17, 15) is 4.79 Å². The Kier molecular flexibility index (Phi) is 6.79. The van der Waals surface area contributed by atoms with Crippen molar-refractivity contribution in [1.29, 1.82) is 0 Å². The normalized spacial score (nSPS) is 11.9. The average molecular weight is 361 g/mol. The van der Waals surface area contributed by atoms with Crippen molar-refractivity contribution in [3.8, 4) is 0 Å². The number of halogens is 1. The molecule has 3 nitrogen and oxygen atoms in total. The van der Waals surface area contributed by atoms with Gasteiger partial charge in [0.25, 0.3) is 0 Å². The van der Waals surface area contributed by atoms with Crippen LogP contribution in [0.15, 0.2) is 9.27 Å². The topological polar surface area (TPSA) is 34.9 Å². The highest BCUT2D eigenvalue weighted by atomic mass is 79.9. The van der Waals surface area contributed by atoms with Gasteiger partial charge in [-0.3, -0.25) is 4.57 Å². The van der Waals surface area contributed by atoms with Crippen LogP contribution >= 0.6 is 28.6 Å². The molecule has 0 aromatic carbocycles. The molecule has 0 spiro atoms. The molecule has 0 aliphatic carbocycles. The monoisotopic (exact) mass is 360 g/mol. The number of rotatable bonds is 7. The standard InChI is InChI=1S/C15H25BrN2OS/c1-5-7-15(10-20,8-6-2)9-18-12(4)13(16)11(3)17-14(18)19/h20H,5-10H2,1-4H3. The maximum Gasteiger partial charge on any atom is 0.348 e. The van der Waals surface area contributed by atoms with Crippen molar-refractivity contribution in [1.82, 2.24) is 9.55 Å². The Labute approximate surface area is 135 Å². The summed E-state index contributed by atoms with van der Waals surface area (Å²) < 4.78 is 2.73. The van der Waals surface area contributed by atoms with E-state index in [0.29, 0.717) is 6.54 Å². The fourth-order valence-electron chi connectivity index (χ4n) is 2.85. The van der Waals surface area contributed by atoms with E-state index in [0.717, 1.165) is 47.3 Å². The number of hydrogen-bond donors (Lipinski definition) is 1. The fourth-order valence-corrected chi connectivity index (χ4v) is 3.57. The van der Waals surface area contributed by atoms with Gasteiger partial charge in [0.05, 0.1) is 10.2 Å². The van der Waals surface area contributed by atoms with E-state index < -0.39 is 0 Å². The summed E-state index contributed by atoms with van der Waals surface area (Å²) in [5, 5.41) is 0. The molecule has 0 bridgehead atoms. The summed E-state index contributed by atoms with van der Waals surface area (Å²) in [6.45, 7) is 8.91. The maximum absolute atomic E-state index is 12.2. The summed E-state index contributed by atoms with van der Waals surface area (Å²) in [5.41, 5.74) is 1.64. The van der Waals surface area contributed by atoms with Crippen molar-refractivity contribution in [3.63, 3.8) is 0 Å². The molecule has 1 aromatic rings. The molecule has 0 unspecified atom stereocenters. The Hall–Kier alpha value is -0.290. The molecule has 20 heavy (non-hydrogen) atoms. The molecule has 0 N–H and O–H groups in total. The van der Waals surface area contributed by atoms with Gasteiger partial charge in [-0.25, -0.2) is 4.79 Å². The van der Waals surface area contributed by atoms with E-state index in [1.54, 1.807) is 4.57 Å². The minimum atomic E-state index is -0.151. The summed E-state index contributed by atoms with van der Waals surface area (Å²) in [6.07, 6.45) is 4.38. The largest absolute Gasteiger partial charge is 0.348 e. The van der Waals surface area contributed by atoms with Crippen molar-refractivity contribution >= 4 is 28.6 Å². The zero-order chi connectivity index (χ0) is 15.3. The molecule has 0 amide bonds. The SMILES string of the molecule is CCCC(CS)(CCC)Cn1c(C)c(Br)c(C)nc1=O. The highest BCUT2D eigenvalue weighted by molar-refractivity contribution is 9.10. The predicted molar refractivity (Wildman–Crippen MR) is 91.8 cm³/mol. The van der Waals surface area contributed by atoms with Crippen molar-refractivity contribution < 1.29 is 0 Å². The van der Waals surface area contributed by atoms with Crippen LogP contribution in [0.1, 0.15) is 50.9 Å². The van der Waals surface area contributed by atoms with Gasteiger partial charge in [-0.15, -0.1) is 0 Å². The zero-order valence-corrected chi connectivity index (χ0v) is 15.4. The van der Waals surface area contributed by atoms with Gasteiger partial charge < -0.3 is 0 Å². The molecule has 0 aliphatic heterocycles. The summed E-state index contributed by atoms with van der Waals surface area (Å²) in [5.74, 6) is 0.798. The van der Waals surface area contributed by atoms with Crippen LogP contribution in [0.4, 0.5) is 0 Å². The first kappa shape index (κ1) is 17.8. The smallest absolute Gasteiger partial charge is 0.295 e. The lowest BCUT2D eigenvalue weighted by Crippen LogP contribution is -2.36. The van der Waals surface area contributed by atoms with Gasteiger partial charge in [-0.05, 0) is 53.8 Å². The third-order valence-corrected chi connectivity index (χ3v) is 5.74. The Bertz CT molecular complexity index is 507. The minimum Gasteiger partial charge on any atom is -0.295 e. The molecule has 114 valence electrons. The maximum atomic E-state index is 12.2. The van der Waals surface area contributed by atoms with E-state index in [-0.39, 0.29) is 11.1 Å². The van der Waals surface area contributed by atoms with E-state index >= 15 is 0 Å². The third-order valence-electron chi connectivity index (χ3n) is 3.92. The first-order chi connectivity index (χ1) is 9.40. The highest BCUT2D eigenvalue weighted by Crippen LogP contribution is 2.33. The number of aromatic nitrogens is 2. The lowest BCUT2D eigenvalue weighted by molar-refractivity contribution is 0.225. The molecule has 1 rings (SSSR count). The molecule has 0 radical (unpaired) electrons. The molecule has 1 aromatic heterocycles. The van der Waals surface area contributed by atoms with Gasteiger partial charge >= 0.3 is 5.69 Å². The van der Waals surface area contributed by atoms with Crippen molar-refractivity contribution in [2.24, 2.45) is 5.41 Å². The number of nitrogens with zero attached hydrogens (tertiary/aromatic N) is 2. The van der Waals surface area contributed by atoms with Crippen LogP contribution in [0.5, 0.6) is 0 Å². The van der Waals surface area contributed by atoms with Crippen LogP contribution in [0.2, 0.25) is 0 Å². The van der Waals surface area contributed by atoms with Crippen LogP contribution in [0, 0.1) is 19.3 Å². The second kappa shape index (κ2) is 7.64. The lowest BCUT2D eigenvalue weighted by Gasteiger charge is -2.33.